The van der Waals surface area contributed by atoms with E-state index in [0.29, 0.717) is 0 Å². The summed E-state index contributed by atoms with van der Waals surface area (Å²) < 4.78 is 63.9. The number of hydrogen-bond acceptors (Lipinski definition) is 2. The molecule has 0 unspecified atom stereocenters. The van der Waals surface area contributed by atoms with Crippen LogP contribution in [0.3, 0.4) is 0 Å². The lowest BCUT2D eigenvalue weighted by Gasteiger charge is -2.06. The first kappa shape index (κ1) is 12.2. The highest BCUT2D eigenvalue weighted by atomic mass is 19.2. The summed E-state index contributed by atoms with van der Waals surface area (Å²) in [6.45, 7) is 0. The molecule has 1 aromatic rings. The molecule has 0 atom stereocenters. The number of oxime groups is 1. The molecule has 0 saturated carbocycles. The highest BCUT2D eigenvalue weighted by molar-refractivity contribution is 5.82. The van der Waals surface area contributed by atoms with E-state index in [4.69, 9.17) is 10.9 Å². The van der Waals surface area contributed by atoms with Crippen LogP contribution in [0.25, 0.3) is 0 Å². The molecule has 0 spiro atoms. The molecule has 0 bridgehead atoms. The number of nitrogens with zero attached hydrogens (tertiary/aromatic N) is 1. The molecule has 3 N–H and O–H groups in total. The van der Waals surface area contributed by atoms with Crippen LogP contribution in [0, 0.1) is 29.1 Å². The fourth-order valence-corrected chi connectivity index (χ4v) is 1.02. The van der Waals surface area contributed by atoms with Gasteiger partial charge in [-0.05, 0) is 0 Å². The van der Waals surface area contributed by atoms with E-state index in [0.717, 1.165) is 0 Å². The molecule has 88 valence electrons. The van der Waals surface area contributed by atoms with E-state index in [9.17, 15) is 22.0 Å². The van der Waals surface area contributed by atoms with E-state index in [1.165, 1.54) is 0 Å². The summed E-state index contributed by atoms with van der Waals surface area (Å²) in [5.74, 6) is -11.1. The van der Waals surface area contributed by atoms with Crippen molar-refractivity contribution in [2.45, 2.75) is 6.42 Å². The smallest absolute Gasteiger partial charge is 0.200 e. The van der Waals surface area contributed by atoms with Gasteiger partial charge in [-0.15, -0.1) is 0 Å². The summed E-state index contributed by atoms with van der Waals surface area (Å²) in [5, 5.41) is 10.5. The standard InChI is InChI=1S/C8H5F5N2O/c9-4-2(1-3(14)15-16)5(10)7(12)8(13)6(4)11/h16H,1H2,(H2,14,15). The van der Waals surface area contributed by atoms with Crippen LogP contribution in [-0.2, 0) is 6.42 Å². The number of benzene rings is 1. The van der Waals surface area contributed by atoms with Gasteiger partial charge in [-0.3, -0.25) is 0 Å². The predicted molar refractivity (Wildman–Crippen MR) is 43.3 cm³/mol. The van der Waals surface area contributed by atoms with Crippen molar-refractivity contribution in [3.05, 3.63) is 34.6 Å². The first-order valence-corrected chi connectivity index (χ1v) is 3.86. The van der Waals surface area contributed by atoms with E-state index >= 15 is 0 Å². The van der Waals surface area contributed by atoms with Crippen molar-refractivity contribution in [2.75, 3.05) is 0 Å². The average molecular weight is 240 g/mol. The van der Waals surface area contributed by atoms with E-state index in [1.807, 2.05) is 0 Å². The second kappa shape index (κ2) is 4.33. The van der Waals surface area contributed by atoms with Crippen molar-refractivity contribution in [3.63, 3.8) is 0 Å². The molecule has 16 heavy (non-hydrogen) atoms. The monoisotopic (exact) mass is 240 g/mol. The van der Waals surface area contributed by atoms with E-state index in [2.05, 4.69) is 5.16 Å². The van der Waals surface area contributed by atoms with Crippen LogP contribution < -0.4 is 5.73 Å². The van der Waals surface area contributed by atoms with E-state index in [-0.39, 0.29) is 0 Å². The summed E-state index contributed by atoms with van der Waals surface area (Å²) in [6.07, 6.45) is -0.887. The van der Waals surface area contributed by atoms with Gasteiger partial charge in [0.1, 0.15) is 5.84 Å². The Kier molecular flexibility index (Phi) is 3.31. The Hall–Kier alpha value is -1.86. The van der Waals surface area contributed by atoms with Crippen LogP contribution in [0.4, 0.5) is 22.0 Å². The highest BCUT2D eigenvalue weighted by Crippen LogP contribution is 2.23. The highest BCUT2D eigenvalue weighted by Gasteiger charge is 2.25. The number of amidine groups is 1. The molecule has 0 fully saturated rings. The minimum atomic E-state index is -2.25. The number of nitrogens with two attached hydrogens (primary N) is 1. The van der Waals surface area contributed by atoms with Gasteiger partial charge in [-0.25, -0.2) is 22.0 Å². The molecule has 3 nitrogen and oxygen atoms in total. The van der Waals surface area contributed by atoms with Crippen molar-refractivity contribution >= 4 is 5.84 Å². The molecule has 8 heteroatoms. The predicted octanol–water partition coefficient (Wildman–Crippen LogP) is 1.67. The molecule has 0 aromatic heterocycles. The zero-order valence-electron chi connectivity index (χ0n) is 7.57. The molecular weight excluding hydrogens is 235 g/mol. The van der Waals surface area contributed by atoms with Gasteiger partial charge in [-0.1, -0.05) is 5.16 Å². The van der Waals surface area contributed by atoms with Gasteiger partial charge in [0.05, 0.1) is 0 Å². The quantitative estimate of drug-likeness (QED) is 0.157. The average Bonchev–Trinajstić information content (AvgIpc) is 2.29. The zero-order chi connectivity index (χ0) is 12.5. The van der Waals surface area contributed by atoms with Gasteiger partial charge >= 0.3 is 0 Å². The summed E-state index contributed by atoms with van der Waals surface area (Å²) in [4.78, 5) is 0. The van der Waals surface area contributed by atoms with Gasteiger partial charge < -0.3 is 10.9 Å². The van der Waals surface area contributed by atoms with Crippen molar-refractivity contribution < 1.29 is 27.2 Å². The van der Waals surface area contributed by atoms with Gasteiger partial charge in [-0.2, -0.15) is 0 Å². The van der Waals surface area contributed by atoms with Gasteiger partial charge in [0.2, 0.25) is 5.82 Å². The largest absolute Gasteiger partial charge is 0.409 e. The van der Waals surface area contributed by atoms with Gasteiger partial charge in [0, 0.05) is 12.0 Å². The molecule has 0 aliphatic carbocycles. The molecular formula is C8H5F5N2O. The van der Waals surface area contributed by atoms with E-state index < -0.39 is 46.9 Å². The Labute approximate surface area is 86.0 Å². The zero-order valence-corrected chi connectivity index (χ0v) is 7.57. The third kappa shape index (κ3) is 1.90. The minimum absolute atomic E-state index is 0.678. The van der Waals surface area contributed by atoms with Crippen LogP contribution in [0.2, 0.25) is 0 Å². The number of hydrogen-bond donors (Lipinski definition) is 2. The lowest BCUT2D eigenvalue weighted by Crippen LogP contribution is -2.18. The fraction of sp³-hybridized carbons (Fsp3) is 0.125. The molecule has 0 saturated heterocycles. The molecule has 0 aliphatic heterocycles. The third-order valence-electron chi connectivity index (χ3n) is 1.79. The lowest BCUT2D eigenvalue weighted by molar-refractivity contribution is 0.317. The maximum atomic E-state index is 13.0. The Bertz CT molecular complexity index is 431. The topological polar surface area (TPSA) is 58.6 Å². The number of rotatable bonds is 2. The van der Waals surface area contributed by atoms with Crippen molar-refractivity contribution in [1.29, 1.82) is 0 Å². The molecule has 1 aromatic carbocycles. The van der Waals surface area contributed by atoms with Crippen LogP contribution in [0.1, 0.15) is 5.56 Å². The minimum Gasteiger partial charge on any atom is -0.409 e. The molecule has 0 aliphatic rings. The first-order chi connectivity index (χ1) is 7.40. The van der Waals surface area contributed by atoms with E-state index in [1.54, 1.807) is 0 Å². The van der Waals surface area contributed by atoms with Gasteiger partial charge in [0.25, 0.3) is 0 Å². The molecule has 0 radical (unpaired) electrons. The molecule has 1 rings (SSSR count). The second-order valence-electron chi connectivity index (χ2n) is 2.82. The van der Waals surface area contributed by atoms with Crippen LogP contribution in [-0.4, -0.2) is 11.0 Å². The third-order valence-corrected chi connectivity index (χ3v) is 1.79. The number of halogens is 5. The first-order valence-electron chi connectivity index (χ1n) is 3.86. The molecule has 0 heterocycles. The SMILES string of the molecule is N/C(Cc1c(F)c(F)c(F)c(F)c1F)=N\O. The van der Waals surface area contributed by atoms with Crippen molar-refractivity contribution in [2.24, 2.45) is 10.9 Å². The summed E-state index contributed by atoms with van der Waals surface area (Å²) in [7, 11) is 0. The van der Waals surface area contributed by atoms with Crippen molar-refractivity contribution in [1.82, 2.24) is 0 Å². The normalized spacial score (nSPS) is 11.9. The van der Waals surface area contributed by atoms with Crippen molar-refractivity contribution in [3.8, 4) is 0 Å². The summed E-state index contributed by atoms with van der Waals surface area (Å²) >= 11 is 0. The second-order valence-corrected chi connectivity index (χ2v) is 2.82. The van der Waals surface area contributed by atoms with Gasteiger partial charge in [0.15, 0.2) is 23.3 Å². The molecule has 0 amide bonds. The summed E-state index contributed by atoms with van der Waals surface area (Å²) in [6, 6.07) is 0. The Balaban J connectivity index is 3.40. The van der Waals surface area contributed by atoms with Crippen LogP contribution in [0.5, 0.6) is 0 Å². The van der Waals surface area contributed by atoms with Crippen LogP contribution >= 0.6 is 0 Å². The maximum absolute atomic E-state index is 13.0. The maximum Gasteiger partial charge on any atom is 0.200 e. The Morgan fingerprint density at radius 3 is 1.69 bits per heavy atom. The fourth-order valence-electron chi connectivity index (χ4n) is 1.02. The Morgan fingerprint density at radius 1 is 0.938 bits per heavy atom. The summed E-state index contributed by atoms with van der Waals surface area (Å²) in [5.41, 5.74) is 3.76. The lowest BCUT2D eigenvalue weighted by atomic mass is 10.1. The Morgan fingerprint density at radius 2 is 1.31 bits per heavy atom. The van der Waals surface area contributed by atoms with Crippen LogP contribution in [0.15, 0.2) is 5.16 Å².